The first kappa shape index (κ1) is 23.1. The summed E-state index contributed by atoms with van der Waals surface area (Å²) in [6.07, 6.45) is 2.66. The van der Waals surface area contributed by atoms with Crippen molar-refractivity contribution in [2.75, 3.05) is 39.4 Å². The number of carbonyl (C=O) groups is 1. The van der Waals surface area contributed by atoms with Crippen molar-refractivity contribution in [2.24, 2.45) is 5.73 Å². The van der Waals surface area contributed by atoms with Gasteiger partial charge in [0.2, 0.25) is 5.91 Å². The summed E-state index contributed by atoms with van der Waals surface area (Å²) in [6, 6.07) is 9.41. The van der Waals surface area contributed by atoms with Gasteiger partial charge in [0.25, 0.3) is 0 Å². The number of nitrogens with zero attached hydrogens (tertiary/aromatic N) is 1. The zero-order chi connectivity index (χ0) is 15.6. The van der Waals surface area contributed by atoms with Gasteiger partial charge in [-0.25, -0.2) is 0 Å². The predicted molar refractivity (Wildman–Crippen MR) is 102 cm³/mol. The van der Waals surface area contributed by atoms with Crippen LogP contribution < -0.4 is 11.1 Å². The molecule has 0 spiro atoms. The van der Waals surface area contributed by atoms with Crippen molar-refractivity contribution in [3.8, 4) is 0 Å². The third kappa shape index (κ3) is 8.85. The van der Waals surface area contributed by atoms with E-state index in [0.717, 1.165) is 51.3 Å². The molecule has 138 valence electrons. The van der Waals surface area contributed by atoms with E-state index in [1.165, 1.54) is 0 Å². The Morgan fingerprint density at radius 3 is 2.50 bits per heavy atom. The summed E-state index contributed by atoms with van der Waals surface area (Å²) in [4.78, 5) is 14.4. The summed E-state index contributed by atoms with van der Waals surface area (Å²) in [6.45, 7) is 5.50. The monoisotopic (exact) mass is 377 g/mol. The van der Waals surface area contributed by atoms with E-state index in [4.69, 9.17) is 10.5 Å². The molecule has 0 saturated carbocycles. The summed E-state index contributed by atoms with van der Waals surface area (Å²) < 4.78 is 5.32. The van der Waals surface area contributed by atoms with Gasteiger partial charge in [-0.2, -0.15) is 0 Å². The highest BCUT2D eigenvalue weighted by atomic mass is 35.5. The third-order valence-corrected chi connectivity index (χ3v) is 3.94. The summed E-state index contributed by atoms with van der Waals surface area (Å²) in [5, 5.41) is 2.93. The molecule has 1 fully saturated rings. The van der Waals surface area contributed by atoms with E-state index in [2.05, 4.69) is 10.2 Å². The molecular formula is C17H29Cl2N3O2. The van der Waals surface area contributed by atoms with E-state index in [1.54, 1.807) is 0 Å². The molecule has 3 N–H and O–H groups in total. The van der Waals surface area contributed by atoms with Gasteiger partial charge >= 0.3 is 0 Å². The van der Waals surface area contributed by atoms with Crippen LogP contribution in [0.1, 0.15) is 18.4 Å². The zero-order valence-corrected chi connectivity index (χ0v) is 15.6. The number of halogens is 2. The van der Waals surface area contributed by atoms with Crippen LogP contribution in [0.3, 0.4) is 0 Å². The minimum Gasteiger partial charge on any atom is -0.379 e. The van der Waals surface area contributed by atoms with Gasteiger partial charge in [-0.3, -0.25) is 9.69 Å². The fourth-order valence-electron chi connectivity index (χ4n) is 2.59. The normalized spacial score (nSPS) is 15.7. The highest BCUT2D eigenvalue weighted by Gasteiger charge is 2.13. The highest BCUT2D eigenvalue weighted by molar-refractivity contribution is 5.85. The molecule has 1 aromatic carbocycles. The predicted octanol–water partition coefficient (Wildman–Crippen LogP) is 1.63. The molecule has 1 amide bonds. The molecule has 7 heteroatoms. The second-order valence-electron chi connectivity index (χ2n) is 5.75. The Bertz CT molecular complexity index is 443. The van der Waals surface area contributed by atoms with Crippen LogP contribution in [0, 0.1) is 0 Å². The van der Waals surface area contributed by atoms with Gasteiger partial charge in [0, 0.05) is 19.6 Å². The van der Waals surface area contributed by atoms with Crippen molar-refractivity contribution < 1.29 is 9.53 Å². The molecular weight excluding hydrogens is 349 g/mol. The minimum atomic E-state index is -0.471. The molecule has 1 heterocycles. The third-order valence-electron chi connectivity index (χ3n) is 3.94. The van der Waals surface area contributed by atoms with Gasteiger partial charge in [0.15, 0.2) is 0 Å². The molecule has 2 rings (SSSR count). The second kappa shape index (κ2) is 13.4. The number of morpholine rings is 1. The smallest absolute Gasteiger partial charge is 0.237 e. The van der Waals surface area contributed by atoms with Crippen LogP contribution in [-0.2, 0) is 16.0 Å². The van der Waals surface area contributed by atoms with E-state index in [-0.39, 0.29) is 30.7 Å². The fraction of sp³-hybridized carbons (Fsp3) is 0.588. The molecule has 1 unspecified atom stereocenters. The number of unbranched alkanes of at least 4 members (excludes halogenated alkanes) is 1. The first-order valence-corrected chi connectivity index (χ1v) is 8.13. The molecule has 1 atom stereocenters. The number of hydrogen-bond acceptors (Lipinski definition) is 4. The number of benzene rings is 1. The van der Waals surface area contributed by atoms with Gasteiger partial charge in [-0.05, 0) is 31.4 Å². The molecule has 1 aliphatic heterocycles. The number of carbonyl (C=O) groups excluding carboxylic acids is 1. The Hall–Kier alpha value is -0.850. The molecule has 0 aromatic heterocycles. The van der Waals surface area contributed by atoms with Crippen molar-refractivity contribution in [1.29, 1.82) is 0 Å². The van der Waals surface area contributed by atoms with Crippen molar-refractivity contribution in [3.63, 3.8) is 0 Å². The molecule has 0 radical (unpaired) electrons. The average molecular weight is 378 g/mol. The van der Waals surface area contributed by atoms with Gasteiger partial charge in [0.05, 0.1) is 19.3 Å². The average Bonchev–Trinajstić information content (AvgIpc) is 2.56. The number of amides is 1. The number of hydrogen-bond donors (Lipinski definition) is 2. The highest BCUT2D eigenvalue weighted by Crippen LogP contribution is 2.02. The van der Waals surface area contributed by atoms with E-state index in [0.29, 0.717) is 13.0 Å². The molecule has 1 aromatic rings. The standard InChI is InChI=1S/C17H27N3O2.2ClH/c18-16(14-15-6-2-1-3-7-15)17(21)19-8-4-5-9-20-10-12-22-13-11-20;;/h1-3,6-7,16H,4-5,8-14,18H2,(H,19,21);2*1H. The number of nitrogens with two attached hydrogens (primary N) is 1. The van der Waals surface area contributed by atoms with Crippen LogP contribution in [-0.4, -0.2) is 56.2 Å². The lowest BCUT2D eigenvalue weighted by Crippen LogP contribution is -2.42. The Morgan fingerprint density at radius 2 is 1.83 bits per heavy atom. The van der Waals surface area contributed by atoms with Gasteiger partial charge in [-0.1, -0.05) is 30.3 Å². The van der Waals surface area contributed by atoms with Crippen LogP contribution in [0.5, 0.6) is 0 Å². The topological polar surface area (TPSA) is 67.6 Å². The van der Waals surface area contributed by atoms with Gasteiger partial charge in [-0.15, -0.1) is 24.8 Å². The molecule has 1 aliphatic rings. The maximum atomic E-state index is 11.9. The number of rotatable bonds is 8. The van der Waals surface area contributed by atoms with Crippen LogP contribution >= 0.6 is 24.8 Å². The largest absolute Gasteiger partial charge is 0.379 e. The van der Waals surface area contributed by atoms with Crippen LogP contribution in [0.4, 0.5) is 0 Å². The maximum Gasteiger partial charge on any atom is 0.237 e. The Balaban J connectivity index is 0.00000264. The summed E-state index contributed by atoms with van der Waals surface area (Å²) in [7, 11) is 0. The first-order chi connectivity index (χ1) is 10.8. The van der Waals surface area contributed by atoms with E-state index in [9.17, 15) is 4.79 Å². The van der Waals surface area contributed by atoms with E-state index in [1.807, 2.05) is 30.3 Å². The Labute approximate surface area is 157 Å². The quantitative estimate of drug-likeness (QED) is 0.675. The fourth-order valence-corrected chi connectivity index (χ4v) is 2.59. The van der Waals surface area contributed by atoms with Crippen LogP contribution in [0.25, 0.3) is 0 Å². The number of nitrogens with one attached hydrogen (secondary N) is 1. The van der Waals surface area contributed by atoms with Crippen molar-refractivity contribution in [3.05, 3.63) is 35.9 Å². The number of ether oxygens (including phenoxy) is 1. The first-order valence-electron chi connectivity index (χ1n) is 8.13. The van der Waals surface area contributed by atoms with Crippen LogP contribution in [0.2, 0.25) is 0 Å². The lowest BCUT2D eigenvalue weighted by atomic mass is 10.1. The lowest BCUT2D eigenvalue weighted by Gasteiger charge is -2.26. The van der Waals surface area contributed by atoms with Crippen molar-refractivity contribution in [1.82, 2.24) is 10.2 Å². The summed E-state index contributed by atoms with van der Waals surface area (Å²) >= 11 is 0. The van der Waals surface area contributed by atoms with Crippen molar-refractivity contribution in [2.45, 2.75) is 25.3 Å². The van der Waals surface area contributed by atoms with Gasteiger partial charge < -0.3 is 15.8 Å². The second-order valence-corrected chi connectivity index (χ2v) is 5.75. The molecule has 5 nitrogen and oxygen atoms in total. The van der Waals surface area contributed by atoms with E-state index >= 15 is 0 Å². The summed E-state index contributed by atoms with van der Waals surface area (Å²) in [5.41, 5.74) is 7.04. The molecule has 0 bridgehead atoms. The van der Waals surface area contributed by atoms with Crippen LogP contribution in [0.15, 0.2) is 30.3 Å². The Morgan fingerprint density at radius 1 is 1.17 bits per heavy atom. The molecule has 24 heavy (non-hydrogen) atoms. The molecule has 1 saturated heterocycles. The molecule has 0 aliphatic carbocycles. The maximum absolute atomic E-state index is 11.9. The van der Waals surface area contributed by atoms with Gasteiger partial charge in [0.1, 0.15) is 0 Å². The Kier molecular flexibility index (Phi) is 13.0. The zero-order valence-electron chi connectivity index (χ0n) is 14.0. The van der Waals surface area contributed by atoms with E-state index < -0.39 is 6.04 Å². The van der Waals surface area contributed by atoms with Crippen molar-refractivity contribution >= 4 is 30.7 Å². The SMILES string of the molecule is Cl.Cl.NC(Cc1ccccc1)C(=O)NCCCCN1CCOCC1. The lowest BCUT2D eigenvalue weighted by molar-refractivity contribution is -0.122. The summed E-state index contributed by atoms with van der Waals surface area (Å²) in [5.74, 6) is -0.0600. The minimum absolute atomic E-state index is 0.